The normalized spacial score (nSPS) is 11.0. The van der Waals surface area contributed by atoms with Crippen LogP contribution in [-0.2, 0) is 10.0 Å². The average molecular weight is 382 g/mol. The lowest BCUT2D eigenvalue weighted by Crippen LogP contribution is -2.31. The molecule has 0 aliphatic heterocycles. The van der Waals surface area contributed by atoms with Gasteiger partial charge in [-0.1, -0.05) is 28.1 Å². The molecule has 22 heavy (non-hydrogen) atoms. The van der Waals surface area contributed by atoms with Crippen molar-refractivity contribution in [1.29, 1.82) is 0 Å². The standard InChI is InChI=1S/C16H16BrNO3S/c1-3-11-18(14-5-4-6-15(12-14)21-2)22(19,20)16-9-7-13(17)8-10-16/h3-10,12H,1,11H2,2H3. The van der Waals surface area contributed by atoms with Crippen LogP contribution in [0, 0.1) is 0 Å². The van der Waals surface area contributed by atoms with E-state index < -0.39 is 10.0 Å². The van der Waals surface area contributed by atoms with Crippen LogP contribution in [0.3, 0.4) is 0 Å². The van der Waals surface area contributed by atoms with E-state index in [-0.39, 0.29) is 11.4 Å². The van der Waals surface area contributed by atoms with Crippen molar-refractivity contribution in [3.8, 4) is 5.75 Å². The van der Waals surface area contributed by atoms with Gasteiger partial charge in [-0.25, -0.2) is 8.42 Å². The number of hydrogen-bond donors (Lipinski definition) is 0. The molecule has 4 nitrogen and oxygen atoms in total. The van der Waals surface area contributed by atoms with Crippen molar-refractivity contribution in [1.82, 2.24) is 0 Å². The van der Waals surface area contributed by atoms with Gasteiger partial charge in [0.05, 0.1) is 24.2 Å². The van der Waals surface area contributed by atoms with E-state index in [2.05, 4.69) is 22.5 Å². The predicted molar refractivity (Wildman–Crippen MR) is 91.9 cm³/mol. The van der Waals surface area contributed by atoms with Gasteiger partial charge in [-0.05, 0) is 36.4 Å². The first-order valence-electron chi connectivity index (χ1n) is 6.52. The van der Waals surface area contributed by atoms with Gasteiger partial charge < -0.3 is 4.74 Å². The molecule has 0 aliphatic carbocycles. The maximum absolute atomic E-state index is 12.9. The zero-order valence-electron chi connectivity index (χ0n) is 12.1. The lowest BCUT2D eigenvalue weighted by atomic mass is 10.3. The Morgan fingerprint density at radius 2 is 1.91 bits per heavy atom. The van der Waals surface area contributed by atoms with Gasteiger partial charge in [0, 0.05) is 10.5 Å². The Hall–Kier alpha value is -1.79. The Labute approximate surface area is 139 Å². The highest BCUT2D eigenvalue weighted by atomic mass is 79.9. The van der Waals surface area contributed by atoms with Crippen molar-refractivity contribution in [2.24, 2.45) is 0 Å². The summed E-state index contributed by atoms with van der Waals surface area (Å²) in [6, 6.07) is 13.5. The van der Waals surface area contributed by atoms with Crippen LogP contribution in [0.1, 0.15) is 0 Å². The van der Waals surface area contributed by atoms with Gasteiger partial charge in [0.25, 0.3) is 10.0 Å². The molecule has 0 amide bonds. The summed E-state index contributed by atoms with van der Waals surface area (Å²) in [5.74, 6) is 0.595. The topological polar surface area (TPSA) is 46.6 Å². The molecule has 0 bridgehead atoms. The van der Waals surface area contributed by atoms with Crippen LogP contribution in [-0.4, -0.2) is 22.1 Å². The van der Waals surface area contributed by atoms with Gasteiger partial charge in [0.2, 0.25) is 0 Å². The molecule has 0 aromatic heterocycles. The summed E-state index contributed by atoms with van der Waals surface area (Å²) < 4.78 is 33.0. The van der Waals surface area contributed by atoms with Crippen LogP contribution in [0.2, 0.25) is 0 Å². The highest BCUT2D eigenvalue weighted by Gasteiger charge is 2.24. The molecule has 2 rings (SSSR count). The van der Waals surface area contributed by atoms with Crippen LogP contribution in [0.25, 0.3) is 0 Å². The summed E-state index contributed by atoms with van der Waals surface area (Å²) in [5, 5.41) is 0. The zero-order valence-corrected chi connectivity index (χ0v) is 14.5. The minimum Gasteiger partial charge on any atom is -0.497 e. The Kier molecular flexibility index (Phi) is 5.26. The Balaban J connectivity index is 2.50. The lowest BCUT2D eigenvalue weighted by Gasteiger charge is -2.23. The van der Waals surface area contributed by atoms with Crippen molar-refractivity contribution in [3.63, 3.8) is 0 Å². The quantitative estimate of drug-likeness (QED) is 0.714. The molecule has 0 aliphatic rings. The SMILES string of the molecule is C=CCN(c1cccc(OC)c1)S(=O)(=O)c1ccc(Br)cc1. The first-order chi connectivity index (χ1) is 10.5. The van der Waals surface area contributed by atoms with Crippen molar-refractivity contribution in [2.75, 3.05) is 18.0 Å². The van der Waals surface area contributed by atoms with Gasteiger partial charge in [0.15, 0.2) is 0 Å². The lowest BCUT2D eigenvalue weighted by molar-refractivity contribution is 0.415. The number of methoxy groups -OCH3 is 1. The Bertz CT molecular complexity index is 757. The van der Waals surface area contributed by atoms with Gasteiger partial charge >= 0.3 is 0 Å². The van der Waals surface area contributed by atoms with E-state index in [1.54, 1.807) is 61.7 Å². The molecular weight excluding hydrogens is 366 g/mol. The molecule has 0 saturated carbocycles. The number of nitrogens with zero attached hydrogens (tertiary/aromatic N) is 1. The van der Waals surface area contributed by atoms with E-state index in [1.165, 1.54) is 4.31 Å². The monoisotopic (exact) mass is 381 g/mol. The fraction of sp³-hybridized carbons (Fsp3) is 0.125. The minimum absolute atomic E-state index is 0.172. The van der Waals surface area contributed by atoms with Crippen LogP contribution < -0.4 is 9.04 Å². The molecule has 0 radical (unpaired) electrons. The van der Waals surface area contributed by atoms with Gasteiger partial charge in [-0.3, -0.25) is 4.31 Å². The molecule has 0 N–H and O–H groups in total. The smallest absolute Gasteiger partial charge is 0.264 e. The highest BCUT2D eigenvalue weighted by Crippen LogP contribution is 2.27. The molecule has 0 unspecified atom stereocenters. The van der Waals surface area contributed by atoms with Gasteiger partial charge in [-0.2, -0.15) is 0 Å². The molecule has 6 heteroatoms. The third-order valence-electron chi connectivity index (χ3n) is 3.04. The van der Waals surface area contributed by atoms with E-state index in [0.717, 1.165) is 4.47 Å². The first-order valence-corrected chi connectivity index (χ1v) is 8.75. The largest absolute Gasteiger partial charge is 0.497 e. The van der Waals surface area contributed by atoms with Gasteiger partial charge in [-0.15, -0.1) is 6.58 Å². The van der Waals surface area contributed by atoms with Crippen molar-refractivity contribution < 1.29 is 13.2 Å². The van der Waals surface area contributed by atoms with Crippen molar-refractivity contribution >= 4 is 31.6 Å². The van der Waals surface area contributed by atoms with E-state index in [1.807, 2.05) is 0 Å². The molecule has 0 spiro atoms. The van der Waals surface area contributed by atoms with Crippen LogP contribution in [0.15, 0.2) is 70.6 Å². The number of hydrogen-bond acceptors (Lipinski definition) is 3. The molecular formula is C16H16BrNO3S. The summed E-state index contributed by atoms with van der Waals surface area (Å²) in [6.45, 7) is 3.82. The predicted octanol–water partition coefficient (Wildman–Crippen LogP) is 3.84. The number of anilines is 1. The Morgan fingerprint density at radius 3 is 2.50 bits per heavy atom. The van der Waals surface area contributed by atoms with E-state index in [9.17, 15) is 8.42 Å². The Morgan fingerprint density at radius 1 is 1.23 bits per heavy atom. The fourth-order valence-electron chi connectivity index (χ4n) is 1.96. The first kappa shape index (κ1) is 16.6. The molecule has 116 valence electrons. The summed E-state index contributed by atoms with van der Waals surface area (Å²) in [5.41, 5.74) is 0.530. The van der Waals surface area contributed by atoms with Gasteiger partial charge in [0.1, 0.15) is 5.75 Å². The minimum atomic E-state index is -3.67. The van der Waals surface area contributed by atoms with Crippen LogP contribution >= 0.6 is 15.9 Å². The second kappa shape index (κ2) is 6.98. The number of ether oxygens (including phenoxy) is 1. The summed E-state index contributed by atoms with van der Waals surface area (Å²) in [4.78, 5) is 0.223. The number of rotatable bonds is 6. The molecule has 2 aromatic carbocycles. The van der Waals surface area contributed by atoms with Crippen molar-refractivity contribution in [3.05, 3.63) is 65.7 Å². The summed E-state index contributed by atoms with van der Waals surface area (Å²) in [7, 11) is -2.13. The van der Waals surface area contributed by atoms with E-state index >= 15 is 0 Å². The maximum Gasteiger partial charge on any atom is 0.264 e. The number of benzene rings is 2. The highest BCUT2D eigenvalue weighted by molar-refractivity contribution is 9.10. The third-order valence-corrected chi connectivity index (χ3v) is 5.37. The summed E-state index contributed by atoms with van der Waals surface area (Å²) >= 11 is 3.30. The number of halogens is 1. The van der Waals surface area contributed by atoms with Crippen LogP contribution in [0.5, 0.6) is 5.75 Å². The van der Waals surface area contributed by atoms with Crippen LogP contribution in [0.4, 0.5) is 5.69 Å². The maximum atomic E-state index is 12.9. The third kappa shape index (κ3) is 3.51. The second-order valence-corrected chi connectivity index (χ2v) is 7.26. The van der Waals surface area contributed by atoms with Crippen molar-refractivity contribution in [2.45, 2.75) is 4.90 Å². The molecule has 0 saturated heterocycles. The molecule has 0 heterocycles. The molecule has 0 atom stereocenters. The fourth-order valence-corrected chi connectivity index (χ4v) is 3.65. The number of sulfonamides is 1. The average Bonchev–Trinajstić information content (AvgIpc) is 2.53. The second-order valence-electron chi connectivity index (χ2n) is 4.48. The molecule has 0 fully saturated rings. The van der Waals surface area contributed by atoms with E-state index in [4.69, 9.17) is 4.74 Å². The van der Waals surface area contributed by atoms with E-state index in [0.29, 0.717) is 11.4 Å². The summed E-state index contributed by atoms with van der Waals surface area (Å²) in [6.07, 6.45) is 1.55. The zero-order chi connectivity index (χ0) is 16.2. The molecule has 2 aromatic rings.